The summed E-state index contributed by atoms with van der Waals surface area (Å²) in [5.41, 5.74) is -0.608. The standard InChI is InChI=1S/C12H19F3N2O/c1-2-11(8-16,17-10-4-5-10)6-3-7-18-9-12(13,14)15/h10,17H,2-7,9H2,1H3. The quantitative estimate of drug-likeness (QED) is 0.686. The Hall–Kier alpha value is -0.800. The summed E-state index contributed by atoms with van der Waals surface area (Å²) in [4.78, 5) is 0. The Balaban J connectivity index is 2.23. The van der Waals surface area contributed by atoms with Crippen LogP contribution in [-0.2, 0) is 4.74 Å². The molecule has 0 aromatic rings. The molecule has 1 rings (SSSR count). The molecule has 0 aromatic carbocycles. The van der Waals surface area contributed by atoms with Gasteiger partial charge in [0.1, 0.15) is 12.1 Å². The van der Waals surface area contributed by atoms with Gasteiger partial charge < -0.3 is 4.74 Å². The van der Waals surface area contributed by atoms with Gasteiger partial charge in [-0.1, -0.05) is 6.92 Å². The molecule has 1 N–H and O–H groups in total. The monoisotopic (exact) mass is 264 g/mol. The first-order valence-corrected chi connectivity index (χ1v) is 6.24. The number of nitrogens with one attached hydrogen (secondary N) is 1. The van der Waals surface area contributed by atoms with Crippen molar-refractivity contribution in [3.63, 3.8) is 0 Å². The largest absolute Gasteiger partial charge is 0.411 e. The molecule has 0 amide bonds. The van der Waals surface area contributed by atoms with Crippen LogP contribution in [0.25, 0.3) is 0 Å². The third-order valence-electron chi connectivity index (χ3n) is 3.03. The second kappa shape index (κ2) is 6.39. The summed E-state index contributed by atoms with van der Waals surface area (Å²) in [6.07, 6.45) is -0.490. The molecule has 0 saturated heterocycles. The highest BCUT2D eigenvalue weighted by Crippen LogP contribution is 2.26. The Bertz CT molecular complexity index is 297. The molecule has 6 heteroatoms. The summed E-state index contributed by atoms with van der Waals surface area (Å²) >= 11 is 0. The number of nitriles is 1. The number of ether oxygens (including phenoxy) is 1. The Kier molecular flexibility index (Phi) is 5.42. The lowest BCUT2D eigenvalue weighted by atomic mass is 9.92. The van der Waals surface area contributed by atoms with E-state index in [0.717, 1.165) is 12.8 Å². The fourth-order valence-electron chi connectivity index (χ4n) is 1.80. The number of hydrogen-bond acceptors (Lipinski definition) is 3. The molecular weight excluding hydrogens is 245 g/mol. The average molecular weight is 264 g/mol. The third-order valence-corrected chi connectivity index (χ3v) is 3.03. The lowest BCUT2D eigenvalue weighted by molar-refractivity contribution is -0.174. The molecule has 1 fully saturated rings. The first-order chi connectivity index (χ1) is 8.41. The van der Waals surface area contributed by atoms with Gasteiger partial charge in [0.15, 0.2) is 0 Å². The zero-order chi connectivity index (χ0) is 13.6. The van der Waals surface area contributed by atoms with Crippen LogP contribution in [0.1, 0.15) is 39.0 Å². The molecule has 0 aliphatic heterocycles. The van der Waals surface area contributed by atoms with Gasteiger partial charge in [0.25, 0.3) is 0 Å². The van der Waals surface area contributed by atoms with E-state index >= 15 is 0 Å². The van der Waals surface area contributed by atoms with E-state index in [-0.39, 0.29) is 6.61 Å². The van der Waals surface area contributed by atoms with Crippen molar-refractivity contribution in [1.29, 1.82) is 5.26 Å². The van der Waals surface area contributed by atoms with Crippen molar-refractivity contribution in [3.8, 4) is 6.07 Å². The molecule has 0 aromatic heterocycles. The van der Waals surface area contributed by atoms with Crippen molar-refractivity contribution < 1.29 is 17.9 Å². The van der Waals surface area contributed by atoms with Crippen LogP contribution in [0.5, 0.6) is 0 Å². The lowest BCUT2D eigenvalue weighted by Crippen LogP contribution is -2.44. The van der Waals surface area contributed by atoms with Crippen molar-refractivity contribution in [2.24, 2.45) is 0 Å². The predicted octanol–water partition coefficient (Wildman–Crippen LogP) is 2.77. The Morgan fingerprint density at radius 1 is 1.39 bits per heavy atom. The number of halogens is 3. The second-order valence-electron chi connectivity index (χ2n) is 4.74. The molecule has 0 radical (unpaired) electrons. The molecule has 1 atom stereocenters. The highest BCUT2D eigenvalue weighted by Gasteiger charge is 2.34. The summed E-state index contributed by atoms with van der Waals surface area (Å²) in [5, 5.41) is 12.5. The maximum atomic E-state index is 11.8. The van der Waals surface area contributed by atoms with Gasteiger partial charge in [-0.2, -0.15) is 18.4 Å². The second-order valence-corrected chi connectivity index (χ2v) is 4.74. The van der Waals surface area contributed by atoms with E-state index in [1.807, 2.05) is 6.92 Å². The van der Waals surface area contributed by atoms with Crippen LogP contribution in [0.2, 0.25) is 0 Å². The van der Waals surface area contributed by atoms with Crippen LogP contribution in [-0.4, -0.2) is 31.0 Å². The number of alkyl halides is 3. The van der Waals surface area contributed by atoms with Crippen molar-refractivity contribution in [2.75, 3.05) is 13.2 Å². The molecule has 0 spiro atoms. The highest BCUT2D eigenvalue weighted by atomic mass is 19.4. The molecular formula is C12H19F3N2O. The van der Waals surface area contributed by atoms with Crippen LogP contribution in [0, 0.1) is 11.3 Å². The normalized spacial score (nSPS) is 19.3. The van der Waals surface area contributed by atoms with E-state index < -0.39 is 18.3 Å². The minimum Gasteiger partial charge on any atom is -0.372 e. The topological polar surface area (TPSA) is 45.0 Å². The van der Waals surface area contributed by atoms with Crippen LogP contribution in [0.3, 0.4) is 0 Å². The maximum Gasteiger partial charge on any atom is 0.411 e. The van der Waals surface area contributed by atoms with Crippen molar-refractivity contribution in [3.05, 3.63) is 0 Å². The van der Waals surface area contributed by atoms with Crippen molar-refractivity contribution in [2.45, 2.75) is 56.8 Å². The van der Waals surface area contributed by atoms with Gasteiger partial charge in [0, 0.05) is 12.6 Å². The summed E-state index contributed by atoms with van der Waals surface area (Å²) in [6, 6.07) is 2.66. The van der Waals surface area contributed by atoms with Crippen molar-refractivity contribution >= 4 is 0 Å². The first-order valence-electron chi connectivity index (χ1n) is 6.24. The molecule has 3 nitrogen and oxygen atoms in total. The van der Waals surface area contributed by atoms with E-state index in [1.165, 1.54) is 0 Å². The van der Waals surface area contributed by atoms with Gasteiger partial charge in [0.05, 0.1) is 6.07 Å². The summed E-state index contributed by atoms with van der Waals surface area (Å²) in [5.74, 6) is 0. The number of nitrogens with zero attached hydrogens (tertiary/aromatic N) is 1. The minimum absolute atomic E-state index is 0.0370. The van der Waals surface area contributed by atoms with E-state index in [4.69, 9.17) is 0 Å². The molecule has 18 heavy (non-hydrogen) atoms. The van der Waals surface area contributed by atoms with E-state index in [9.17, 15) is 18.4 Å². The van der Waals surface area contributed by atoms with Crippen LogP contribution < -0.4 is 5.32 Å². The van der Waals surface area contributed by atoms with E-state index in [1.54, 1.807) is 0 Å². The molecule has 104 valence electrons. The van der Waals surface area contributed by atoms with Gasteiger partial charge in [0.2, 0.25) is 0 Å². The lowest BCUT2D eigenvalue weighted by Gasteiger charge is -2.26. The molecule has 1 unspecified atom stereocenters. The average Bonchev–Trinajstić information content (AvgIpc) is 3.09. The van der Waals surface area contributed by atoms with Crippen LogP contribution >= 0.6 is 0 Å². The molecule has 1 saturated carbocycles. The zero-order valence-electron chi connectivity index (χ0n) is 10.5. The van der Waals surface area contributed by atoms with Gasteiger partial charge >= 0.3 is 6.18 Å². The molecule has 1 aliphatic carbocycles. The first kappa shape index (κ1) is 15.3. The fraction of sp³-hybridized carbons (Fsp3) is 0.917. The van der Waals surface area contributed by atoms with Gasteiger partial charge in [-0.15, -0.1) is 0 Å². The fourth-order valence-corrected chi connectivity index (χ4v) is 1.80. The summed E-state index contributed by atoms with van der Waals surface area (Å²) < 4.78 is 40.1. The van der Waals surface area contributed by atoms with E-state index in [2.05, 4.69) is 16.1 Å². The summed E-state index contributed by atoms with van der Waals surface area (Å²) in [6.45, 7) is 0.735. The smallest absolute Gasteiger partial charge is 0.372 e. The minimum atomic E-state index is -4.27. The Morgan fingerprint density at radius 3 is 2.50 bits per heavy atom. The predicted molar refractivity (Wildman–Crippen MR) is 60.9 cm³/mol. The van der Waals surface area contributed by atoms with Crippen LogP contribution in [0.4, 0.5) is 13.2 Å². The number of hydrogen-bond donors (Lipinski definition) is 1. The highest BCUT2D eigenvalue weighted by molar-refractivity contribution is 5.09. The Morgan fingerprint density at radius 2 is 2.06 bits per heavy atom. The van der Waals surface area contributed by atoms with E-state index in [0.29, 0.717) is 25.3 Å². The summed E-state index contributed by atoms with van der Waals surface area (Å²) in [7, 11) is 0. The maximum absolute atomic E-state index is 11.8. The number of rotatable bonds is 8. The van der Waals surface area contributed by atoms with Gasteiger partial charge in [-0.05, 0) is 32.1 Å². The molecule has 1 aliphatic rings. The van der Waals surface area contributed by atoms with Gasteiger partial charge in [-0.25, -0.2) is 0 Å². The molecule has 0 bridgehead atoms. The van der Waals surface area contributed by atoms with Gasteiger partial charge in [-0.3, -0.25) is 5.32 Å². The SMILES string of the molecule is CCC(C#N)(CCCOCC(F)(F)F)NC1CC1. The van der Waals surface area contributed by atoms with Crippen molar-refractivity contribution in [1.82, 2.24) is 5.32 Å². The molecule has 0 heterocycles. The third kappa shape index (κ3) is 5.69. The zero-order valence-corrected chi connectivity index (χ0v) is 10.5. The van der Waals surface area contributed by atoms with Crippen LogP contribution in [0.15, 0.2) is 0 Å². The Labute approximate surface area is 105 Å².